The van der Waals surface area contributed by atoms with E-state index < -0.39 is 0 Å². The number of hydrogen-bond donors (Lipinski definition) is 1. The second-order valence-electron chi connectivity index (χ2n) is 8.10. The predicted molar refractivity (Wildman–Crippen MR) is 128 cm³/mol. The molecule has 0 aliphatic rings. The molecule has 8 heteroatoms. The highest BCUT2D eigenvalue weighted by Gasteiger charge is 2.16. The molecular weight excluding hydrogens is 410 g/mol. The van der Waals surface area contributed by atoms with Crippen molar-refractivity contribution in [3.05, 3.63) is 33.2 Å². The van der Waals surface area contributed by atoms with Crippen LogP contribution in [0.4, 0.5) is 0 Å². The molecule has 3 rings (SSSR count). The highest BCUT2D eigenvalue weighted by atomic mass is 32.1. The molecule has 1 N–H and O–H groups in total. The van der Waals surface area contributed by atoms with Gasteiger partial charge in [-0.1, -0.05) is 33.6 Å². The Morgan fingerprint density at radius 3 is 2.45 bits per heavy atom. The van der Waals surface area contributed by atoms with Crippen molar-refractivity contribution in [1.29, 1.82) is 0 Å². The Bertz CT molecular complexity index is 1070. The Balaban J connectivity index is 1.69. The molecule has 0 bridgehead atoms. The summed E-state index contributed by atoms with van der Waals surface area (Å²) in [7, 11) is 0. The van der Waals surface area contributed by atoms with Crippen molar-refractivity contribution >= 4 is 33.0 Å². The third-order valence-electron chi connectivity index (χ3n) is 5.58. The minimum atomic E-state index is -0.221. The van der Waals surface area contributed by atoms with E-state index in [0.717, 1.165) is 35.7 Å². The second kappa shape index (κ2) is 10.9. The summed E-state index contributed by atoms with van der Waals surface area (Å²) in [5.41, 5.74) is 1.39. The van der Waals surface area contributed by atoms with Gasteiger partial charge < -0.3 is 10.2 Å². The first-order valence-electron chi connectivity index (χ1n) is 11.5. The number of hydrogen-bond acceptors (Lipinski definition) is 5. The number of aromatic nitrogens is 3. The maximum absolute atomic E-state index is 13.0. The van der Waals surface area contributed by atoms with Gasteiger partial charge in [-0.15, -0.1) is 11.3 Å². The van der Waals surface area contributed by atoms with E-state index in [2.05, 4.69) is 42.2 Å². The number of fused-ring (bicyclic) bond motifs is 3. The molecule has 31 heavy (non-hydrogen) atoms. The number of rotatable bonds is 12. The summed E-state index contributed by atoms with van der Waals surface area (Å²) in [4.78, 5) is 29.2. The normalized spacial score (nSPS) is 11.8. The van der Waals surface area contributed by atoms with Crippen molar-refractivity contribution in [2.75, 3.05) is 26.2 Å². The number of carbonyl (C=O) groups excluding carboxylic acids is 1. The van der Waals surface area contributed by atoms with E-state index >= 15 is 0 Å². The number of thiophene rings is 1. The first-order valence-corrected chi connectivity index (χ1v) is 12.3. The van der Waals surface area contributed by atoms with Gasteiger partial charge in [0.25, 0.3) is 5.56 Å². The summed E-state index contributed by atoms with van der Waals surface area (Å²) in [6.45, 7) is 12.0. The molecule has 0 atom stereocenters. The monoisotopic (exact) mass is 445 g/mol. The summed E-state index contributed by atoms with van der Waals surface area (Å²) in [6, 6.07) is 4.01. The Kier molecular flexibility index (Phi) is 8.26. The summed E-state index contributed by atoms with van der Waals surface area (Å²) < 4.78 is 4.33. The minimum Gasteiger partial charge on any atom is -0.353 e. The van der Waals surface area contributed by atoms with Gasteiger partial charge in [0.1, 0.15) is 17.9 Å². The van der Waals surface area contributed by atoms with Crippen molar-refractivity contribution < 1.29 is 4.79 Å². The van der Waals surface area contributed by atoms with E-state index in [-0.39, 0.29) is 18.0 Å². The van der Waals surface area contributed by atoms with Crippen LogP contribution in [-0.4, -0.2) is 51.2 Å². The van der Waals surface area contributed by atoms with Crippen LogP contribution in [0.25, 0.3) is 15.7 Å². The number of amides is 1. The number of nitrogens with one attached hydrogen (secondary N) is 1. The smallest absolute Gasteiger partial charge is 0.291 e. The SMILES string of the molecule is CCCCN(CCCC)CCNC(=O)Cn1nc(CC)n2c(cc3sc(C)cc32)c1=O. The lowest BCUT2D eigenvalue weighted by Gasteiger charge is -2.22. The molecule has 0 saturated heterocycles. The van der Waals surface area contributed by atoms with Gasteiger partial charge in [0.15, 0.2) is 0 Å². The first-order chi connectivity index (χ1) is 15.0. The maximum atomic E-state index is 13.0. The summed E-state index contributed by atoms with van der Waals surface area (Å²) >= 11 is 1.67. The molecule has 170 valence electrons. The minimum absolute atomic E-state index is 0.0515. The van der Waals surface area contributed by atoms with Crippen LogP contribution >= 0.6 is 11.3 Å². The number of nitrogens with zero attached hydrogens (tertiary/aromatic N) is 4. The molecule has 3 heterocycles. The van der Waals surface area contributed by atoms with Crippen molar-refractivity contribution in [2.24, 2.45) is 0 Å². The number of carbonyl (C=O) groups is 1. The fourth-order valence-corrected chi connectivity index (χ4v) is 4.84. The van der Waals surface area contributed by atoms with Crippen LogP contribution in [0.2, 0.25) is 0 Å². The number of aryl methyl sites for hydroxylation is 2. The first kappa shape index (κ1) is 23.5. The van der Waals surface area contributed by atoms with Gasteiger partial charge in [-0.05, 0) is 45.0 Å². The van der Waals surface area contributed by atoms with Crippen LogP contribution in [0.5, 0.6) is 0 Å². The van der Waals surface area contributed by atoms with Crippen molar-refractivity contribution in [1.82, 2.24) is 24.4 Å². The summed E-state index contributed by atoms with van der Waals surface area (Å²) in [5.74, 6) is 0.622. The molecule has 0 aromatic carbocycles. The lowest BCUT2D eigenvalue weighted by atomic mass is 10.2. The van der Waals surface area contributed by atoms with Gasteiger partial charge in [0.2, 0.25) is 5.91 Å². The molecule has 0 aliphatic heterocycles. The van der Waals surface area contributed by atoms with Crippen LogP contribution < -0.4 is 10.9 Å². The second-order valence-corrected chi connectivity index (χ2v) is 9.39. The lowest BCUT2D eigenvalue weighted by Crippen LogP contribution is -2.39. The van der Waals surface area contributed by atoms with Gasteiger partial charge >= 0.3 is 0 Å². The molecule has 3 aromatic heterocycles. The van der Waals surface area contributed by atoms with Crippen molar-refractivity contribution in [3.8, 4) is 0 Å². The van der Waals surface area contributed by atoms with Gasteiger partial charge in [-0.2, -0.15) is 5.10 Å². The molecule has 0 spiro atoms. The van der Waals surface area contributed by atoms with E-state index in [9.17, 15) is 9.59 Å². The fraction of sp³-hybridized carbons (Fsp3) is 0.609. The zero-order valence-electron chi connectivity index (χ0n) is 19.2. The highest BCUT2D eigenvalue weighted by Crippen LogP contribution is 2.28. The van der Waals surface area contributed by atoms with E-state index in [1.807, 2.05) is 17.4 Å². The molecule has 7 nitrogen and oxygen atoms in total. The highest BCUT2D eigenvalue weighted by molar-refractivity contribution is 7.19. The maximum Gasteiger partial charge on any atom is 0.291 e. The van der Waals surface area contributed by atoms with Gasteiger partial charge in [-0.3, -0.25) is 14.0 Å². The Labute approximate surface area is 188 Å². The van der Waals surface area contributed by atoms with Crippen LogP contribution in [0.15, 0.2) is 16.9 Å². The Morgan fingerprint density at radius 1 is 1.10 bits per heavy atom. The van der Waals surface area contributed by atoms with E-state index in [1.165, 1.54) is 35.2 Å². The van der Waals surface area contributed by atoms with E-state index in [4.69, 9.17) is 0 Å². The standard InChI is InChI=1S/C23H35N5O2S/c1-5-8-11-26(12-9-6-2)13-10-24-22(29)16-27-23(30)19-15-20-18(14-17(4)31-20)28(19)21(7-3)25-27/h14-15H,5-13,16H2,1-4H3,(H,24,29). The Morgan fingerprint density at radius 2 is 1.81 bits per heavy atom. The molecule has 0 saturated carbocycles. The van der Waals surface area contributed by atoms with Crippen LogP contribution in [-0.2, 0) is 17.8 Å². The molecule has 1 amide bonds. The van der Waals surface area contributed by atoms with Gasteiger partial charge in [0, 0.05) is 24.4 Å². The largest absolute Gasteiger partial charge is 0.353 e. The fourth-order valence-electron chi connectivity index (χ4n) is 3.89. The van der Waals surface area contributed by atoms with Crippen molar-refractivity contribution in [2.45, 2.75) is 66.3 Å². The van der Waals surface area contributed by atoms with Gasteiger partial charge in [-0.25, -0.2) is 4.68 Å². The number of unbranched alkanes of at least 4 members (excludes halogenated alkanes) is 2. The summed E-state index contributed by atoms with van der Waals surface area (Å²) in [5, 5.41) is 7.49. The molecule has 0 radical (unpaired) electrons. The lowest BCUT2D eigenvalue weighted by molar-refractivity contribution is -0.121. The van der Waals surface area contributed by atoms with Crippen LogP contribution in [0, 0.1) is 6.92 Å². The zero-order valence-corrected chi connectivity index (χ0v) is 20.1. The third kappa shape index (κ3) is 5.54. The topological polar surface area (TPSA) is 71.6 Å². The molecule has 0 unspecified atom stereocenters. The van der Waals surface area contributed by atoms with Crippen LogP contribution in [0.1, 0.15) is 57.2 Å². The predicted octanol–water partition coefficient (Wildman–Crippen LogP) is 3.60. The van der Waals surface area contributed by atoms with Gasteiger partial charge in [0.05, 0.1) is 10.2 Å². The summed E-state index contributed by atoms with van der Waals surface area (Å²) in [6.07, 6.45) is 5.36. The van der Waals surface area contributed by atoms with Crippen molar-refractivity contribution in [3.63, 3.8) is 0 Å². The zero-order chi connectivity index (χ0) is 22.4. The Hall–Kier alpha value is -2.19. The van der Waals surface area contributed by atoms with Crippen LogP contribution in [0.3, 0.4) is 0 Å². The molecular formula is C23H35N5O2S. The average molecular weight is 446 g/mol. The molecule has 0 fully saturated rings. The third-order valence-corrected chi connectivity index (χ3v) is 6.56. The van der Waals surface area contributed by atoms with E-state index in [0.29, 0.717) is 18.5 Å². The molecule has 0 aliphatic carbocycles. The molecule has 3 aromatic rings. The average Bonchev–Trinajstić information content (AvgIpc) is 3.28. The quantitative estimate of drug-likeness (QED) is 0.462. The van der Waals surface area contributed by atoms with E-state index in [1.54, 1.807) is 11.3 Å².